The topological polar surface area (TPSA) is 106 Å². The molecule has 0 atom stereocenters. The van der Waals surface area contributed by atoms with Gasteiger partial charge >= 0.3 is 5.97 Å². The van der Waals surface area contributed by atoms with Crippen molar-refractivity contribution in [1.82, 2.24) is 9.71 Å². The number of benzene rings is 1. The smallest absolute Gasteiger partial charge is 0.311 e. The highest BCUT2D eigenvalue weighted by atomic mass is 32.2. The van der Waals surface area contributed by atoms with Crippen LogP contribution in [0.3, 0.4) is 0 Å². The van der Waals surface area contributed by atoms with Crippen molar-refractivity contribution in [3.8, 4) is 0 Å². The van der Waals surface area contributed by atoms with Gasteiger partial charge in [-0.05, 0) is 31.4 Å². The Bertz CT molecular complexity index is 904. The number of nitrogens with one attached hydrogen (secondary N) is 1. The van der Waals surface area contributed by atoms with Gasteiger partial charge in [-0.3, -0.25) is 9.78 Å². The maximum absolute atomic E-state index is 12.9. The number of carboxylic acids is 1. The summed E-state index contributed by atoms with van der Waals surface area (Å²) in [4.78, 5) is 16.0. The lowest BCUT2D eigenvalue weighted by atomic mass is 9.80. The molecular weight excluding hydrogens is 344 g/mol. The van der Waals surface area contributed by atoms with E-state index in [0.717, 1.165) is 0 Å². The van der Waals surface area contributed by atoms with Gasteiger partial charge in [0, 0.05) is 31.3 Å². The van der Waals surface area contributed by atoms with Crippen LogP contribution in [-0.4, -0.2) is 44.2 Å². The number of carboxylic acid groups (broad SMARTS) is 1. The molecule has 8 heteroatoms. The SMILES string of the molecule is Cc1ccc2cccnc2c1S(=O)(=O)NCC1(C(=O)O)CCOCC1. The monoisotopic (exact) mass is 364 g/mol. The molecule has 0 radical (unpaired) electrons. The molecule has 0 aliphatic carbocycles. The fourth-order valence-corrected chi connectivity index (χ4v) is 4.62. The maximum Gasteiger partial charge on any atom is 0.311 e. The number of pyridine rings is 1. The first-order chi connectivity index (χ1) is 11.9. The Morgan fingerprint density at radius 1 is 1.32 bits per heavy atom. The second kappa shape index (κ2) is 6.70. The van der Waals surface area contributed by atoms with Gasteiger partial charge in [0.15, 0.2) is 0 Å². The van der Waals surface area contributed by atoms with E-state index in [2.05, 4.69) is 9.71 Å². The number of aliphatic carboxylic acids is 1. The second-order valence-corrected chi connectivity index (χ2v) is 8.01. The number of hydrogen-bond donors (Lipinski definition) is 2. The molecule has 2 aromatic rings. The average molecular weight is 364 g/mol. The zero-order valence-corrected chi connectivity index (χ0v) is 14.7. The first-order valence-electron chi connectivity index (χ1n) is 8.01. The third-order valence-electron chi connectivity index (χ3n) is 4.70. The van der Waals surface area contributed by atoms with Gasteiger partial charge < -0.3 is 9.84 Å². The molecule has 1 aliphatic heterocycles. The lowest BCUT2D eigenvalue weighted by Crippen LogP contribution is -2.46. The van der Waals surface area contributed by atoms with Crippen LogP contribution >= 0.6 is 0 Å². The van der Waals surface area contributed by atoms with Crippen LogP contribution in [0.2, 0.25) is 0 Å². The van der Waals surface area contributed by atoms with Crippen LogP contribution in [0.25, 0.3) is 10.9 Å². The van der Waals surface area contributed by atoms with E-state index in [1.165, 1.54) is 6.20 Å². The minimum atomic E-state index is -3.91. The van der Waals surface area contributed by atoms with Crippen molar-refractivity contribution in [1.29, 1.82) is 0 Å². The number of aryl methyl sites for hydroxylation is 1. The molecule has 2 heterocycles. The molecule has 25 heavy (non-hydrogen) atoms. The Labute approximate surface area is 146 Å². The molecule has 0 saturated carbocycles. The number of rotatable bonds is 5. The van der Waals surface area contributed by atoms with Gasteiger partial charge in [0.2, 0.25) is 10.0 Å². The largest absolute Gasteiger partial charge is 0.481 e. The van der Waals surface area contributed by atoms with E-state index in [-0.39, 0.29) is 24.3 Å². The lowest BCUT2D eigenvalue weighted by Gasteiger charge is -2.33. The van der Waals surface area contributed by atoms with Crippen LogP contribution in [-0.2, 0) is 19.6 Å². The fraction of sp³-hybridized carbons (Fsp3) is 0.412. The van der Waals surface area contributed by atoms with Gasteiger partial charge in [0.25, 0.3) is 0 Å². The third kappa shape index (κ3) is 3.37. The molecule has 1 fully saturated rings. The van der Waals surface area contributed by atoms with E-state index in [1.54, 1.807) is 25.1 Å². The zero-order valence-electron chi connectivity index (χ0n) is 13.9. The molecule has 134 valence electrons. The molecule has 2 N–H and O–H groups in total. The van der Waals surface area contributed by atoms with Gasteiger partial charge in [0.1, 0.15) is 4.90 Å². The summed E-state index contributed by atoms with van der Waals surface area (Å²) in [7, 11) is -3.91. The summed E-state index contributed by atoms with van der Waals surface area (Å²) < 4.78 is 33.5. The Kier molecular flexibility index (Phi) is 4.77. The highest BCUT2D eigenvalue weighted by Gasteiger charge is 2.41. The first-order valence-corrected chi connectivity index (χ1v) is 9.49. The van der Waals surface area contributed by atoms with Crippen LogP contribution in [0.1, 0.15) is 18.4 Å². The van der Waals surface area contributed by atoms with E-state index >= 15 is 0 Å². The number of aromatic nitrogens is 1. The normalized spacial score (nSPS) is 17.5. The van der Waals surface area contributed by atoms with E-state index < -0.39 is 21.4 Å². The molecule has 1 saturated heterocycles. The Morgan fingerprint density at radius 3 is 2.72 bits per heavy atom. The van der Waals surface area contributed by atoms with Crippen molar-refractivity contribution in [3.63, 3.8) is 0 Å². The number of nitrogens with zero attached hydrogens (tertiary/aromatic N) is 1. The number of ether oxygens (including phenoxy) is 1. The van der Waals surface area contributed by atoms with Gasteiger partial charge in [0.05, 0.1) is 10.9 Å². The number of sulfonamides is 1. The van der Waals surface area contributed by atoms with Crippen LogP contribution in [0.15, 0.2) is 35.4 Å². The standard InChI is InChI=1S/C17H20N2O5S/c1-12-4-5-13-3-2-8-18-14(13)15(12)25(22,23)19-11-17(16(20)21)6-9-24-10-7-17/h2-5,8,19H,6-7,9-11H2,1H3,(H,20,21). The Morgan fingerprint density at radius 2 is 2.04 bits per heavy atom. The van der Waals surface area contributed by atoms with Crippen molar-refractivity contribution in [2.45, 2.75) is 24.7 Å². The summed E-state index contributed by atoms with van der Waals surface area (Å²) in [5.74, 6) is -1.01. The summed E-state index contributed by atoms with van der Waals surface area (Å²) in [5, 5.41) is 10.3. The van der Waals surface area contributed by atoms with Gasteiger partial charge in [-0.1, -0.05) is 18.2 Å². The van der Waals surface area contributed by atoms with Gasteiger partial charge in [-0.2, -0.15) is 0 Å². The predicted molar refractivity (Wildman–Crippen MR) is 91.8 cm³/mol. The van der Waals surface area contributed by atoms with Crippen LogP contribution in [0.4, 0.5) is 0 Å². The summed E-state index contributed by atoms with van der Waals surface area (Å²) in [6, 6.07) is 7.06. The molecule has 1 aromatic carbocycles. The first kappa shape index (κ1) is 17.8. The fourth-order valence-electron chi connectivity index (χ4n) is 3.09. The molecule has 3 rings (SSSR count). The van der Waals surface area contributed by atoms with Gasteiger partial charge in [-0.25, -0.2) is 13.1 Å². The van der Waals surface area contributed by atoms with Crippen LogP contribution < -0.4 is 4.72 Å². The molecule has 1 aliphatic rings. The third-order valence-corrected chi connectivity index (χ3v) is 6.28. The number of fused-ring (bicyclic) bond motifs is 1. The molecule has 0 spiro atoms. The molecule has 0 amide bonds. The molecule has 0 bridgehead atoms. The molecule has 0 unspecified atom stereocenters. The molecule has 1 aromatic heterocycles. The van der Waals surface area contributed by atoms with Crippen molar-refractivity contribution in [2.24, 2.45) is 5.41 Å². The van der Waals surface area contributed by atoms with Crippen molar-refractivity contribution < 1.29 is 23.1 Å². The van der Waals surface area contributed by atoms with E-state index in [1.807, 2.05) is 6.07 Å². The van der Waals surface area contributed by atoms with E-state index in [0.29, 0.717) is 29.7 Å². The van der Waals surface area contributed by atoms with Crippen molar-refractivity contribution in [2.75, 3.05) is 19.8 Å². The predicted octanol–water partition coefficient (Wildman–Crippen LogP) is 1.70. The van der Waals surface area contributed by atoms with Gasteiger partial charge in [-0.15, -0.1) is 0 Å². The minimum absolute atomic E-state index is 0.0956. The summed E-state index contributed by atoms with van der Waals surface area (Å²) >= 11 is 0. The Hall–Kier alpha value is -2.03. The van der Waals surface area contributed by atoms with Crippen LogP contribution in [0, 0.1) is 12.3 Å². The summed E-state index contributed by atoms with van der Waals surface area (Å²) in [5.41, 5.74) is -0.196. The minimum Gasteiger partial charge on any atom is -0.481 e. The number of carbonyl (C=O) groups is 1. The second-order valence-electron chi connectivity index (χ2n) is 6.31. The quantitative estimate of drug-likeness (QED) is 0.837. The highest BCUT2D eigenvalue weighted by Crippen LogP contribution is 2.31. The highest BCUT2D eigenvalue weighted by molar-refractivity contribution is 7.89. The van der Waals surface area contributed by atoms with Crippen LogP contribution in [0.5, 0.6) is 0 Å². The average Bonchev–Trinajstić information content (AvgIpc) is 2.60. The summed E-state index contributed by atoms with van der Waals surface area (Å²) in [6.07, 6.45) is 2.09. The lowest BCUT2D eigenvalue weighted by molar-refractivity contribution is -0.154. The maximum atomic E-state index is 12.9. The molecule has 7 nitrogen and oxygen atoms in total. The summed E-state index contributed by atoms with van der Waals surface area (Å²) in [6.45, 7) is 2.15. The Balaban J connectivity index is 1.95. The van der Waals surface area contributed by atoms with E-state index in [4.69, 9.17) is 4.74 Å². The van der Waals surface area contributed by atoms with Crippen molar-refractivity contribution >= 4 is 26.9 Å². The number of hydrogen-bond acceptors (Lipinski definition) is 5. The zero-order chi connectivity index (χ0) is 18.1. The molecular formula is C17H20N2O5S. The van der Waals surface area contributed by atoms with Crippen molar-refractivity contribution in [3.05, 3.63) is 36.0 Å². The van der Waals surface area contributed by atoms with E-state index in [9.17, 15) is 18.3 Å².